The fourth-order valence-electron chi connectivity index (χ4n) is 0.786. The van der Waals surface area contributed by atoms with Crippen LogP contribution in [0.1, 0.15) is 0 Å². The number of alkyl halides is 10. The van der Waals surface area contributed by atoms with Gasteiger partial charge < -0.3 is 0 Å². The predicted molar refractivity (Wildman–Crippen MR) is 55.8 cm³/mol. The Labute approximate surface area is 125 Å². The number of ether oxygens (including phenoxy) is 1. The molecule has 0 aliphatic heterocycles. The van der Waals surface area contributed by atoms with Crippen molar-refractivity contribution in [2.45, 2.75) is 29.8 Å². The largest absolute Gasteiger partial charge is 0.462 e. The van der Waals surface area contributed by atoms with Crippen molar-refractivity contribution in [3.8, 4) is 0 Å². The molecule has 0 fully saturated rings. The third-order valence-corrected chi connectivity index (χ3v) is 3.83. The molecule has 0 amide bonds. The molecule has 0 aliphatic carbocycles. The normalized spacial score (nSPS) is 16.5. The summed E-state index contributed by atoms with van der Waals surface area (Å²) in [5, 5.41) is -5.10. The van der Waals surface area contributed by atoms with E-state index in [1.165, 1.54) is 0 Å². The third-order valence-electron chi connectivity index (χ3n) is 1.87. The van der Waals surface area contributed by atoms with Crippen molar-refractivity contribution in [2.24, 2.45) is 0 Å². The van der Waals surface area contributed by atoms with Crippen LogP contribution in [0.2, 0.25) is 0 Å². The van der Waals surface area contributed by atoms with E-state index in [4.69, 9.17) is 4.55 Å². The first kappa shape index (κ1) is 22.5. The number of rotatable bonds is 8. The summed E-state index contributed by atoms with van der Waals surface area (Å²) in [5.74, 6) is -9.65. The van der Waals surface area contributed by atoms with E-state index < -0.39 is 63.2 Å². The Balaban J connectivity index is 4.99. The minimum absolute atomic E-state index is 1.06. The van der Waals surface area contributed by atoms with Gasteiger partial charge in [0.15, 0.2) is 0 Å². The molecule has 0 spiro atoms. The molecule has 0 aromatic heterocycles. The maximum Gasteiger partial charge on any atom is 0.462 e. The first-order valence-corrected chi connectivity index (χ1v) is 7.54. The molecule has 0 radical (unpaired) electrons. The van der Waals surface area contributed by atoms with Crippen LogP contribution in [0, 0.1) is 0 Å². The van der Waals surface area contributed by atoms with E-state index in [0.29, 0.717) is 0 Å². The van der Waals surface area contributed by atoms with Crippen molar-refractivity contribution in [3.05, 3.63) is 0 Å². The highest BCUT2D eigenvalue weighted by atomic mass is 32.2. The number of hydrogen-bond acceptors (Lipinski definition) is 4. The lowest BCUT2D eigenvalue weighted by Crippen LogP contribution is -2.55. The average molecular weight is 408 g/mol. The molecule has 140 valence electrons. The smallest absolute Gasteiger partial charge is 0.286 e. The third kappa shape index (κ3) is 6.15. The van der Waals surface area contributed by atoms with Crippen LogP contribution in [0.4, 0.5) is 43.9 Å². The summed E-state index contributed by atoms with van der Waals surface area (Å²) in [5.41, 5.74) is 0. The van der Waals surface area contributed by atoms with Gasteiger partial charge in [-0.15, -0.1) is 0 Å². The Morgan fingerprint density at radius 1 is 1.00 bits per heavy atom. The summed E-state index contributed by atoms with van der Waals surface area (Å²) in [7, 11) is -4.78. The highest BCUT2D eigenvalue weighted by molar-refractivity contribution is 8.01. The molecule has 0 saturated carbocycles. The van der Waals surface area contributed by atoms with Crippen LogP contribution in [-0.4, -0.2) is 54.3 Å². The van der Waals surface area contributed by atoms with Crippen molar-refractivity contribution in [2.75, 3.05) is 11.5 Å². The summed E-state index contributed by atoms with van der Waals surface area (Å²) in [6.45, 7) is 0. The van der Waals surface area contributed by atoms with Crippen LogP contribution >= 0.6 is 11.8 Å². The minimum atomic E-state index is -6.96. The van der Waals surface area contributed by atoms with Gasteiger partial charge in [0.05, 0.1) is 5.75 Å². The zero-order chi connectivity index (χ0) is 18.9. The quantitative estimate of drug-likeness (QED) is 0.493. The van der Waals surface area contributed by atoms with E-state index in [2.05, 4.69) is 4.74 Å². The molecule has 4 nitrogen and oxygen atoms in total. The van der Waals surface area contributed by atoms with Crippen molar-refractivity contribution in [1.82, 2.24) is 0 Å². The highest BCUT2D eigenvalue weighted by Gasteiger charge is 2.75. The van der Waals surface area contributed by atoms with Crippen LogP contribution in [0.25, 0.3) is 0 Å². The van der Waals surface area contributed by atoms with Crippen LogP contribution in [-0.2, 0) is 14.9 Å². The van der Waals surface area contributed by atoms with Crippen molar-refractivity contribution in [1.29, 1.82) is 0 Å². The highest BCUT2D eigenvalue weighted by Crippen LogP contribution is 2.49. The summed E-state index contributed by atoms with van der Waals surface area (Å²) in [4.78, 5) is 0. The van der Waals surface area contributed by atoms with Crippen molar-refractivity contribution < 1.29 is 61.6 Å². The van der Waals surface area contributed by atoms with E-state index in [9.17, 15) is 52.3 Å². The Kier molecular flexibility index (Phi) is 6.65. The first-order chi connectivity index (χ1) is 9.83. The summed E-state index contributed by atoms with van der Waals surface area (Å²) < 4.78 is 154. The second-order valence-electron chi connectivity index (χ2n) is 3.72. The Morgan fingerprint density at radius 3 is 1.78 bits per heavy atom. The van der Waals surface area contributed by atoms with E-state index in [1.54, 1.807) is 0 Å². The molecule has 0 aliphatic rings. The molecule has 0 rings (SSSR count). The van der Waals surface area contributed by atoms with Crippen LogP contribution in [0.5, 0.6) is 0 Å². The molecular formula is C7H6F10O4S2. The number of halogens is 10. The van der Waals surface area contributed by atoms with Gasteiger partial charge in [-0.2, -0.15) is 47.9 Å². The maximum atomic E-state index is 12.9. The van der Waals surface area contributed by atoms with Gasteiger partial charge in [0.1, 0.15) is 0 Å². The average Bonchev–Trinajstić information content (AvgIpc) is 2.24. The molecule has 0 heterocycles. The van der Waals surface area contributed by atoms with E-state index in [1.807, 2.05) is 0 Å². The topological polar surface area (TPSA) is 63.6 Å². The van der Waals surface area contributed by atoms with Crippen LogP contribution < -0.4 is 0 Å². The lowest BCUT2D eigenvalue weighted by molar-refractivity contribution is -0.446. The summed E-state index contributed by atoms with van der Waals surface area (Å²) in [6, 6.07) is 0. The first-order valence-electron chi connectivity index (χ1n) is 4.94. The van der Waals surface area contributed by atoms with Gasteiger partial charge in [0.25, 0.3) is 16.5 Å². The van der Waals surface area contributed by atoms with Gasteiger partial charge in [0.2, 0.25) is 0 Å². The van der Waals surface area contributed by atoms with Gasteiger partial charge in [-0.1, -0.05) is 11.8 Å². The SMILES string of the molecule is O=S(=O)(O)CCSC(F)(F)C(F)OC(F)(F)C(F)(F)C(F)(F)F. The van der Waals surface area contributed by atoms with Gasteiger partial charge in [0, 0.05) is 5.75 Å². The lowest BCUT2D eigenvalue weighted by Gasteiger charge is -2.30. The molecule has 0 saturated heterocycles. The predicted octanol–water partition coefficient (Wildman–Crippen LogP) is 3.30. The molecule has 1 unspecified atom stereocenters. The van der Waals surface area contributed by atoms with Gasteiger partial charge >= 0.3 is 23.5 Å². The van der Waals surface area contributed by atoms with Crippen LogP contribution in [0.3, 0.4) is 0 Å². The maximum absolute atomic E-state index is 12.9. The molecule has 1 atom stereocenters. The van der Waals surface area contributed by atoms with E-state index in [-0.39, 0.29) is 0 Å². The Morgan fingerprint density at radius 2 is 1.43 bits per heavy atom. The summed E-state index contributed by atoms with van der Waals surface area (Å²) in [6.07, 6.45) is -18.2. The van der Waals surface area contributed by atoms with E-state index in [0.717, 1.165) is 0 Å². The van der Waals surface area contributed by atoms with Gasteiger partial charge in [-0.05, 0) is 0 Å². The van der Waals surface area contributed by atoms with Crippen molar-refractivity contribution in [3.63, 3.8) is 0 Å². The van der Waals surface area contributed by atoms with Crippen LogP contribution in [0.15, 0.2) is 0 Å². The second kappa shape index (κ2) is 6.79. The zero-order valence-corrected chi connectivity index (χ0v) is 11.9. The Bertz CT molecular complexity index is 502. The Hall–Kier alpha value is -0.480. The molecule has 0 aromatic carbocycles. The fourth-order valence-corrected chi connectivity index (χ4v) is 2.41. The monoisotopic (exact) mass is 408 g/mol. The number of hydrogen-bond donors (Lipinski definition) is 1. The molecular weight excluding hydrogens is 402 g/mol. The van der Waals surface area contributed by atoms with Gasteiger partial charge in [-0.3, -0.25) is 9.29 Å². The summed E-state index contributed by atoms with van der Waals surface area (Å²) >= 11 is -1.06. The lowest BCUT2D eigenvalue weighted by atomic mass is 10.3. The second-order valence-corrected chi connectivity index (χ2v) is 6.53. The molecule has 0 bridgehead atoms. The van der Waals surface area contributed by atoms with E-state index >= 15 is 0 Å². The zero-order valence-electron chi connectivity index (χ0n) is 10.3. The van der Waals surface area contributed by atoms with Gasteiger partial charge in [-0.25, -0.2) is 4.39 Å². The fraction of sp³-hybridized carbons (Fsp3) is 1.00. The molecule has 16 heteroatoms. The van der Waals surface area contributed by atoms with Crippen molar-refractivity contribution >= 4 is 21.9 Å². The number of thioether (sulfide) groups is 1. The standard InChI is InChI=1S/C7H6F10O4S2/c8-3(4(9,10)22-1-2-23(18,19)20)21-7(16,17)5(11,12)6(13,14)15/h3H,1-2H2,(H,18,19,20). The molecule has 1 N–H and O–H groups in total. The minimum Gasteiger partial charge on any atom is -0.286 e. The molecule has 0 aromatic rings. The molecule has 23 heavy (non-hydrogen) atoms.